The maximum atomic E-state index is 13.7. The number of urea groups is 1. The molecule has 3 fully saturated rings. The van der Waals surface area contributed by atoms with E-state index in [4.69, 9.17) is 4.74 Å². The second-order valence-corrected chi connectivity index (χ2v) is 8.05. The summed E-state index contributed by atoms with van der Waals surface area (Å²) in [4.78, 5) is 28.2. The van der Waals surface area contributed by atoms with Crippen molar-refractivity contribution in [3.8, 4) is 0 Å². The minimum absolute atomic E-state index is 0.0328. The van der Waals surface area contributed by atoms with Gasteiger partial charge < -0.3 is 15.4 Å². The van der Waals surface area contributed by atoms with Crippen LogP contribution in [0.15, 0.2) is 24.3 Å². The average Bonchev–Trinajstić information content (AvgIpc) is 2.95. The molecule has 0 saturated carbocycles. The quantitative estimate of drug-likeness (QED) is 0.795. The first-order valence-corrected chi connectivity index (χ1v) is 10.1. The van der Waals surface area contributed by atoms with Crippen molar-refractivity contribution in [1.29, 1.82) is 0 Å². The summed E-state index contributed by atoms with van der Waals surface area (Å²) in [5.41, 5.74) is 1.47. The zero-order valence-electron chi connectivity index (χ0n) is 16.0. The molecule has 0 radical (unpaired) electrons. The molecule has 3 heterocycles. The first kappa shape index (κ1) is 18.4. The number of piperidine rings is 1. The number of hydrogen-bond donors (Lipinski definition) is 2. The highest BCUT2D eigenvalue weighted by molar-refractivity contribution is 6.07. The molecule has 3 aliphatic heterocycles. The summed E-state index contributed by atoms with van der Waals surface area (Å²) < 4.78 is 5.43. The first-order chi connectivity index (χ1) is 13.1. The van der Waals surface area contributed by atoms with E-state index in [0.717, 1.165) is 49.9 Å². The maximum absolute atomic E-state index is 13.7. The first-order valence-electron chi connectivity index (χ1n) is 10.1. The van der Waals surface area contributed by atoms with Gasteiger partial charge >= 0.3 is 6.03 Å². The van der Waals surface area contributed by atoms with Gasteiger partial charge in [0, 0.05) is 25.7 Å². The van der Waals surface area contributed by atoms with E-state index >= 15 is 0 Å². The molecule has 0 bridgehead atoms. The molecular formula is C21H29N3O3. The number of benzene rings is 1. The van der Waals surface area contributed by atoms with E-state index < -0.39 is 5.54 Å². The zero-order valence-corrected chi connectivity index (χ0v) is 16.0. The zero-order chi connectivity index (χ0) is 18.9. The van der Waals surface area contributed by atoms with E-state index in [1.54, 1.807) is 0 Å². The fourth-order valence-electron chi connectivity index (χ4n) is 4.85. The number of carbonyl (C=O) groups excluding carboxylic acids is 2. The molecule has 6 heteroatoms. The lowest BCUT2D eigenvalue weighted by atomic mass is 9.73. The van der Waals surface area contributed by atoms with Crippen molar-refractivity contribution in [3.63, 3.8) is 0 Å². The van der Waals surface area contributed by atoms with Crippen molar-refractivity contribution in [2.24, 2.45) is 5.92 Å². The number of aryl methyl sites for hydroxylation is 1. The number of hydrogen-bond acceptors (Lipinski definition) is 4. The Morgan fingerprint density at radius 2 is 1.81 bits per heavy atom. The summed E-state index contributed by atoms with van der Waals surface area (Å²) in [6, 6.07) is 7.90. The van der Waals surface area contributed by atoms with E-state index in [0.29, 0.717) is 19.6 Å². The van der Waals surface area contributed by atoms with Crippen LogP contribution in [0.3, 0.4) is 0 Å². The lowest BCUT2D eigenvalue weighted by molar-refractivity contribution is -0.136. The van der Waals surface area contributed by atoms with Crippen LogP contribution in [0.1, 0.15) is 36.8 Å². The Hall–Kier alpha value is -1.92. The summed E-state index contributed by atoms with van der Waals surface area (Å²) in [5.74, 6) is 0.120. The maximum Gasteiger partial charge on any atom is 0.325 e. The monoisotopic (exact) mass is 371 g/mol. The van der Waals surface area contributed by atoms with Gasteiger partial charge in [-0.3, -0.25) is 9.69 Å². The third-order valence-corrected chi connectivity index (χ3v) is 6.47. The standard InChI is InChI=1S/C21H29N3O3/c1-15-4-2-3-5-16(15)14-21(17-6-10-22-11-7-17)19(25)24(20(26)23-21)18-8-12-27-13-9-18/h2-5,17-18,22H,6-14H2,1H3,(H,23,26). The van der Waals surface area contributed by atoms with Crippen molar-refractivity contribution < 1.29 is 14.3 Å². The molecule has 3 aliphatic rings. The van der Waals surface area contributed by atoms with E-state index in [2.05, 4.69) is 29.7 Å². The van der Waals surface area contributed by atoms with Gasteiger partial charge in [-0.1, -0.05) is 24.3 Å². The predicted octanol–water partition coefficient (Wildman–Crippen LogP) is 2.01. The van der Waals surface area contributed by atoms with Crippen molar-refractivity contribution in [3.05, 3.63) is 35.4 Å². The lowest BCUT2D eigenvalue weighted by Gasteiger charge is -2.39. The molecule has 146 valence electrons. The van der Waals surface area contributed by atoms with Gasteiger partial charge in [-0.2, -0.15) is 0 Å². The van der Waals surface area contributed by atoms with Crippen LogP contribution in [-0.4, -0.2) is 54.7 Å². The van der Waals surface area contributed by atoms with E-state index in [1.165, 1.54) is 4.90 Å². The van der Waals surface area contributed by atoms with Crippen LogP contribution in [0.5, 0.6) is 0 Å². The largest absolute Gasteiger partial charge is 0.381 e. The second-order valence-electron chi connectivity index (χ2n) is 8.05. The summed E-state index contributed by atoms with van der Waals surface area (Å²) in [6.45, 7) is 5.07. The van der Waals surface area contributed by atoms with E-state index in [9.17, 15) is 9.59 Å². The molecule has 0 spiro atoms. The molecule has 0 aliphatic carbocycles. The molecule has 2 N–H and O–H groups in total. The normalized spacial score (nSPS) is 27.8. The molecular weight excluding hydrogens is 342 g/mol. The van der Waals surface area contributed by atoms with Gasteiger partial charge in [-0.15, -0.1) is 0 Å². The Morgan fingerprint density at radius 1 is 1.11 bits per heavy atom. The number of ether oxygens (including phenoxy) is 1. The Balaban J connectivity index is 1.68. The van der Waals surface area contributed by atoms with Crippen LogP contribution in [0.25, 0.3) is 0 Å². The molecule has 1 aromatic carbocycles. The van der Waals surface area contributed by atoms with Gasteiger partial charge in [-0.05, 0) is 62.7 Å². The topological polar surface area (TPSA) is 70.7 Å². The highest BCUT2D eigenvalue weighted by Gasteiger charge is 2.57. The Bertz CT molecular complexity index is 710. The van der Waals surface area contributed by atoms with Crippen LogP contribution in [0.2, 0.25) is 0 Å². The highest BCUT2D eigenvalue weighted by Crippen LogP contribution is 2.37. The third kappa shape index (κ3) is 3.36. The van der Waals surface area contributed by atoms with Gasteiger partial charge in [0.05, 0.1) is 0 Å². The fourth-order valence-corrected chi connectivity index (χ4v) is 4.85. The summed E-state index contributed by atoms with van der Waals surface area (Å²) >= 11 is 0. The van der Waals surface area contributed by atoms with Crippen LogP contribution in [0, 0.1) is 12.8 Å². The minimum atomic E-state index is -0.830. The van der Waals surface area contributed by atoms with Crippen LogP contribution in [-0.2, 0) is 16.0 Å². The van der Waals surface area contributed by atoms with E-state index in [-0.39, 0.29) is 23.9 Å². The van der Waals surface area contributed by atoms with Crippen molar-refractivity contribution in [2.75, 3.05) is 26.3 Å². The number of imide groups is 1. The van der Waals surface area contributed by atoms with Gasteiger partial charge in [0.1, 0.15) is 5.54 Å². The van der Waals surface area contributed by atoms with Crippen LogP contribution < -0.4 is 10.6 Å². The molecule has 4 rings (SSSR count). The molecule has 1 aromatic rings. The van der Waals surface area contributed by atoms with Gasteiger partial charge in [-0.25, -0.2) is 4.79 Å². The predicted molar refractivity (Wildman–Crippen MR) is 102 cm³/mol. The molecule has 1 unspecified atom stereocenters. The molecule has 6 nitrogen and oxygen atoms in total. The summed E-state index contributed by atoms with van der Waals surface area (Å²) in [6.07, 6.45) is 3.82. The second kappa shape index (κ2) is 7.60. The van der Waals surface area contributed by atoms with Crippen molar-refractivity contribution in [1.82, 2.24) is 15.5 Å². The molecule has 3 amide bonds. The molecule has 27 heavy (non-hydrogen) atoms. The van der Waals surface area contributed by atoms with E-state index in [1.807, 2.05) is 12.1 Å². The van der Waals surface area contributed by atoms with Crippen molar-refractivity contribution >= 4 is 11.9 Å². The van der Waals surface area contributed by atoms with Gasteiger partial charge in [0.2, 0.25) is 0 Å². The minimum Gasteiger partial charge on any atom is -0.381 e. The number of amides is 3. The number of carbonyl (C=O) groups is 2. The molecule has 1 atom stereocenters. The number of nitrogens with one attached hydrogen (secondary N) is 2. The molecule has 3 saturated heterocycles. The Labute approximate surface area is 160 Å². The highest BCUT2D eigenvalue weighted by atomic mass is 16.5. The molecule has 0 aromatic heterocycles. The average molecular weight is 371 g/mol. The number of rotatable bonds is 4. The van der Waals surface area contributed by atoms with Gasteiger partial charge in [0.15, 0.2) is 0 Å². The lowest BCUT2D eigenvalue weighted by Crippen LogP contribution is -2.57. The summed E-state index contributed by atoms with van der Waals surface area (Å²) in [7, 11) is 0. The Morgan fingerprint density at radius 3 is 2.52 bits per heavy atom. The van der Waals surface area contributed by atoms with Crippen LogP contribution in [0.4, 0.5) is 4.79 Å². The SMILES string of the molecule is Cc1ccccc1CC1(C2CCNCC2)NC(=O)N(C2CCOCC2)C1=O. The van der Waals surface area contributed by atoms with Crippen molar-refractivity contribution in [2.45, 2.75) is 50.6 Å². The number of nitrogens with zero attached hydrogens (tertiary/aromatic N) is 1. The fraction of sp³-hybridized carbons (Fsp3) is 0.619. The van der Waals surface area contributed by atoms with Crippen LogP contribution >= 0.6 is 0 Å². The van der Waals surface area contributed by atoms with Gasteiger partial charge in [0.25, 0.3) is 5.91 Å². The summed E-state index contributed by atoms with van der Waals surface area (Å²) in [5, 5.41) is 6.56. The third-order valence-electron chi connectivity index (χ3n) is 6.47. The Kier molecular flexibility index (Phi) is 5.19. The smallest absolute Gasteiger partial charge is 0.325 e.